The molecule has 0 aliphatic rings. The van der Waals surface area contributed by atoms with Crippen LogP contribution in [0.25, 0.3) is 6.08 Å². The molecule has 1 rings (SSSR count). The lowest BCUT2D eigenvalue weighted by molar-refractivity contribution is -0.114. The lowest BCUT2D eigenvalue weighted by Gasteiger charge is -2.09. The highest BCUT2D eigenvalue weighted by atomic mass is 16.5. The molecule has 1 aromatic rings. The zero-order valence-electron chi connectivity index (χ0n) is 10.8. The van der Waals surface area contributed by atoms with E-state index in [1.165, 1.54) is 0 Å². The predicted octanol–water partition coefficient (Wildman–Crippen LogP) is 3.86. The van der Waals surface area contributed by atoms with Gasteiger partial charge in [-0.05, 0) is 44.0 Å². The van der Waals surface area contributed by atoms with E-state index in [-0.39, 0.29) is 11.9 Å². The third-order valence-electron chi connectivity index (χ3n) is 2.21. The maximum Gasteiger partial charge on any atom is 0.155 e. The fourth-order valence-corrected chi connectivity index (χ4v) is 1.45. The van der Waals surface area contributed by atoms with Crippen LogP contribution in [0.15, 0.2) is 30.3 Å². The van der Waals surface area contributed by atoms with Crippen LogP contribution in [0.2, 0.25) is 0 Å². The minimum Gasteiger partial charge on any atom is -0.491 e. The van der Waals surface area contributed by atoms with Crippen LogP contribution in [-0.4, -0.2) is 11.9 Å². The van der Waals surface area contributed by atoms with Gasteiger partial charge in [-0.15, -0.1) is 0 Å². The highest BCUT2D eigenvalue weighted by Crippen LogP contribution is 2.14. The summed E-state index contributed by atoms with van der Waals surface area (Å²) in [5, 5.41) is 0. The molecular formula is C15H20O2. The molecule has 0 unspecified atom stereocenters. The van der Waals surface area contributed by atoms with E-state index in [2.05, 4.69) is 0 Å². The molecule has 2 heteroatoms. The number of ether oxygens (including phenoxy) is 1. The number of hydrogen-bond acceptors (Lipinski definition) is 2. The standard InChI is InChI=1S/C15H20O2/c1-4-5-14(16)9-6-13-7-10-15(11-8-13)17-12(2)3/h6-12H,4-5H2,1-3H3. The van der Waals surface area contributed by atoms with E-state index in [1.807, 2.05) is 51.1 Å². The van der Waals surface area contributed by atoms with Gasteiger partial charge in [-0.3, -0.25) is 4.79 Å². The molecular weight excluding hydrogens is 212 g/mol. The summed E-state index contributed by atoms with van der Waals surface area (Å²) in [6.45, 7) is 6.00. The maximum atomic E-state index is 11.3. The van der Waals surface area contributed by atoms with Gasteiger partial charge in [0, 0.05) is 6.42 Å². The Morgan fingerprint density at radius 2 is 1.94 bits per heavy atom. The van der Waals surface area contributed by atoms with E-state index >= 15 is 0 Å². The second kappa shape index (κ2) is 6.89. The van der Waals surface area contributed by atoms with Crippen molar-refractivity contribution in [3.8, 4) is 5.75 Å². The smallest absolute Gasteiger partial charge is 0.155 e. The molecule has 1 aromatic carbocycles. The predicted molar refractivity (Wildman–Crippen MR) is 71.2 cm³/mol. The van der Waals surface area contributed by atoms with Gasteiger partial charge in [0.2, 0.25) is 0 Å². The van der Waals surface area contributed by atoms with Crippen LogP contribution in [-0.2, 0) is 4.79 Å². The van der Waals surface area contributed by atoms with E-state index in [0.717, 1.165) is 17.7 Å². The van der Waals surface area contributed by atoms with Crippen LogP contribution >= 0.6 is 0 Å². The summed E-state index contributed by atoms with van der Waals surface area (Å²) in [5.74, 6) is 1.03. The molecule has 0 aromatic heterocycles. The number of rotatable bonds is 6. The van der Waals surface area contributed by atoms with E-state index in [9.17, 15) is 4.79 Å². The van der Waals surface area contributed by atoms with Gasteiger partial charge in [0.15, 0.2) is 5.78 Å². The zero-order valence-corrected chi connectivity index (χ0v) is 10.8. The Hall–Kier alpha value is -1.57. The Bertz CT molecular complexity index is 374. The molecule has 0 aliphatic heterocycles. The van der Waals surface area contributed by atoms with E-state index in [4.69, 9.17) is 4.74 Å². The number of benzene rings is 1. The molecule has 0 radical (unpaired) electrons. The first-order valence-corrected chi connectivity index (χ1v) is 6.09. The number of hydrogen-bond donors (Lipinski definition) is 0. The third kappa shape index (κ3) is 5.34. The Labute approximate surface area is 103 Å². The topological polar surface area (TPSA) is 26.3 Å². The SMILES string of the molecule is CCCC(=O)C=Cc1ccc(OC(C)C)cc1. The van der Waals surface area contributed by atoms with Crippen molar-refractivity contribution in [2.75, 3.05) is 0 Å². The molecule has 0 N–H and O–H groups in total. The molecule has 0 saturated carbocycles. The monoisotopic (exact) mass is 232 g/mol. The molecule has 92 valence electrons. The van der Waals surface area contributed by atoms with Crippen molar-refractivity contribution >= 4 is 11.9 Å². The summed E-state index contributed by atoms with van der Waals surface area (Å²) < 4.78 is 5.54. The number of carbonyl (C=O) groups is 1. The summed E-state index contributed by atoms with van der Waals surface area (Å²) in [6, 6.07) is 7.74. The summed E-state index contributed by atoms with van der Waals surface area (Å²) >= 11 is 0. The lowest BCUT2D eigenvalue weighted by atomic mass is 10.1. The van der Waals surface area contributed by atoms with Gasteiger partial charge in [-0.25, -0.2) is 0 Å². The first-order valence-electron chi connectivity index (χ1n) is 6.09. The van der Waals surface area contributed by atoms with Crippen LogP contribution in [0.1, 0.15) is 39.2 Å². The van der Waals surface area contributed by atoms with Gasteiger partial charge in [0.1, 0.15) is 5.75 Å². The van der Waals surface area contributed by atoms with Crippen molar-refractivity contribution in [3.63, 3.8) is 0 Å². The quantitative estimate of drug-likeness (QED) is 0.696. The minimum absolute atomic E-state index is 0.176. The van der Waals surface area contributed by atoms with Gasteiger partial charge in [-0.2, -0.15) is 0 Å². The molecule has 2 nitrogen and oxygen atoms in total. The summed E-state index contributed by atoms with van der Waals surface area (Å²) in [5.41, 5.74) is 1.02. The fourth-order valence-electron chi connectivity index (χ4n) is 1.45. The maximum absolute atomic E-state index is 11.3. The lowest BCUT2D eigenvalue weighted by Crippen LogP contribution is -2.05. The normalized spacial score (nSPS) is 11.1. The molecule has 17 heavy (non-hydrogen) atoms. The molecule has 0 fully saturated rings. The van der Waals surface area contributed by atoms with Crippen LogP contribution in [0.4, 0.5) is 0 Å². The largest absolute Gasteiger partial charge is 0.491 e. The van der Waals surface area contributed by atoms with Gasteiger partial charge in [0.25, 0.3) is 0 Å². The van der Waals surface area contributed by atoms with Crippen molar-refractivity contribution in [3.05, 3.63) is 35.9 Å². The molecule has 0 amide bonds. The summed E-state index contributed by atoms with van der Waals surface area (Å²) in [6.07, 6.45) is 5.18. The number of ketones is 1. The highest BCUT2D eigenvalue weighted by Gasteiger charge is 1.97. The average Bonchev–Trinajstić information content (AvgIpc) is 2.28. The second-order valence-electron chi connectivity index (χ2n) is 4.29. The molecule has 0 atom stereocenters. The molecule has 0 aliphatic carbocycles. The Kier molecular flexibility index (Phi) is 5.47. The van der Waals surface area contributed by atoms with E-state index < -0.39 is 0 Å². The van der Waals surface area contributed by atoms with Crippen molar-refractivity contribution in [2.24, 2.45) is 0 Å². The van der Waals surface area contributed by atoms with Gasteiger partial charge in [-0.1, -0.05) is 25.1 Å². The van der Waals surface area contributed by atoms with Gasteiger partial charge >= 0.3 is 0 Å². The van der Waals surface area contributed by atoms with Crippen LogP contribution in [0.5, 0.6) is 5.75 Å². The van der Waals surface area contributed by atoms with Crippen LogP contribution in [0.3, 0.4) is 0 Å². The Morgan fingerprint density at radius 3 is 2.47 bits per heavy atom. The van der Waals surface area contributed by atoms with Crippen molar-refractivity contribution in [1.82, 2.24) is 0 Å². The zero-order chi connectivity index (χ0) is 12.7. The summed E-state index contributed by atoms with van der Waals surface area (Å²) in [4.78, 5) is 11.3. The van der Waals surface area contributed by atoms with Crippen molar-refractivity contribution < 1.29 is 9.53 Å². The minimum atomic E-state index is 0.176. The Morgan fingerprint density at radius 1 is 1.29 bits per heavy atom. The molecule has 0 heterocycles. The van der Waals surface area contributed by atoms with Crippen LogP contribution in [0, 0.1) is 0 Å². The van der Waals surface area contributed by atoms with Gasteiger partial charge < -0.3 is 4.74 Å². The third-order valence-corrected chi connectivity index (χ3v) is 2.21. The molecule has 0 bridgehead atoms. The van der Waals surface area contributed by atoms with E-state index in [1.54, 1.807) is 6.08 Å². The first kappa shape index (κ1) is 13.5. The Balaban J connectivity index is 2.59. The highest BCUT2D eigenvalue weighted by molar-refractivity contribution is 5.93. The number of carbonyl (C=O) groups excluding carboxylic acids is 1. The fraction of sp³-hybridized carbons (Fsp3) is 0.400. The summed E-state index contributed by atoms with van der Waals surface area (Å²) in [7, 11) is 0. The average molecular weight is 232 g/mol. The number of allylic oxidation sites excluding steroid dienone is 1. The van der Waals surface area contributed by atoms with Crippen molar-refractivity contribution in [1.29, 1.82) is 0 Å². The van der Waals surface area contributed by atoms with Crippen molar-refractivity contribution in [2.45, 2.75) is 39.7 Å². The molecule has 0 saturated heterocycles. The second-order valence-corrected chi connectivity index (χ2v) is 4.29. The molecule has 0 spiro atoms. The van der Waals surface area contributed by atoms with Gasteiger partial charge in [0.05, 0.1) is 6.10 Å². The first-order chi connectivity index (χ1) is 8.11. The van der Waals surface area contributed by atoms with E-state index in [0.29, 0.717) is 6.42 Å². The van der Waals surface area contributed by atoms with Crippen LogP contribution < -0.4 is 4.74 Å².